The topological polar surface area (TPSA) is 79.5 Å². The number of aliphatic hydroxyl groups excluding tert-OH is 1. The first-order valence-electron chi connectivity index (χ1n) is 7.94. The standard InChI is InChI=1S/C17H23N3O2/c18-11-16(17(22)12-19-13-17)8-4-5-9-20(16)15(10-21)14-6-2-1-3-7-14/h1-3,6-7,15,19,21-22H,4-5,8-10,12-13H2/t15-,16-/m1/s1. The van der Waals surface area contributed by atoms with Gasteiger partial charge in [0.2, 0.25) is 0 Å². The van der Waals surface area contributed by atoms with Crippen molar-refractivity contribution in [2.24, 2.45) is 0 Å². The lowest BCUT2D eigenvalue weighted by molar-refractivity contribution is -0.146. The molecule has 118 valence electrons. The highest BCUT2D eigenvalue weighted by Gasteiger charge is 2.60. The lowest BCUT2D eigenvalue weighted by Gasteiger charge is -2.57. The Morgan fingerprint density at radius 1 is 1.27 bits per heavy atom. The van der Waals surface area contributed by atoms with E-state index in [-0.39, 0.29) is 12.6 Å². The monoisotopic (exact) mass is 301 g/mol. The van der Waals surface area contributed by atoms with Gasteiger partial charge in [0.25, 0.3) is 0 Å². The van der Waals surface area contributed by atoms with Crippen LogP contribution in [0.1, 0.15) is 30.9 Å². The maximum Gasteiger partial charge on any atom is 0.141 e. The summed E-state index contributed by atoms with van der Waals surface area (Å²) in [5.41, 5.74) is -0.980. The quantitative estimate of drug-likeness (QED) is 0.767. The Kier molecular flexibility index (Phi) is 4.20. The predicted octanol–water partition coefficient (Wildman–Crippen LogP) is 0.803. The molecule has 2 saturated heterocycles. The van der Waals surface area contributed by atoms with Crippen molar-refractivity contribution in [2.75, 3.05) is 26.2 Å². The minimum absolute atomic E-state index is 0.0586. The molecule has 0 amide bonds. The summed E-state index contributed by atoms with van der Waals surface area (Å²) in [5.74, 6) is 0. The van der Waals surface area contributed by atoms with Gasteiger partial charge in [-0.3, -0.25) is 4.90 Å². The van der Waals surface area contributed by atoms with Crippen LogP contribution < -0.4 is 5.32 Å². The van der Waals surface area contributed by atoms with Crippen molar-refractivity contribution in [3.63, 3.8) is 0 Å². The molecule has 0 spiro atoms. The molecule has 0 radical (unpaired) electrons. The van der Waals surface area contributed by atoms with Crippen LogP contribution in [0.5, 0.6) is 0 Å². The van der Waals surface area contributed by atoms with Crippen LogP contribution in [0.4, 0.5) is 0 Å². The molecular weight excluding hydrogens is 278 g/mol. The first-order valence-corrected chi connectivity index (χ1v) is 7.94. The lowest BCUT2D eigenvalue weighted by atomic mass is 9.69. The first-order chi connectivity index (χ1) is 10.7. The fourth-order valence-electron chi connectivity index (χ4n) is 3.86. The lowest BCUT2D eigenvalue weighted by Crippen LogP contribution is -2.77. The fourth-order valence-corrected chi connectivity index (χ4v) is 3.86. The maximum atomic E-state index is 10.9. The third-order valence-electron chi connectivity index (χ3n) is 5.20. The van der Waals surface area contributed by atoms with Gasteiger partial charge in [-0.15, -0.1) is 0 Å². The van der Waals surface area contributed by atoms with Crippen molar-refractivity contribution in [1.29, 1.82) is 5.26 Å². The minimum atomic E-state index is -1.04. The van der Waals surface area contributed by atoms with Crippen molar-refractivity contribution in [2.45, 2.75) is 36.4 Å². The summed E-state index contributed by atoms with van der Waals surface area (Å²) in [5, 5.41) is 33.9. The van der Waals surface area contributed by atoms with Gasteiger partial charge in [0, 0.05) is 19.6 Å². The van der Waals surface area contributed by atoms with Gasteiger partial charge < -0.3 is 15.5 Å². The van der Waals surface area contributed by atoms with E-state index in [4.69, 9.17) is 0 Å². The second kappa shape index (κ2) is 5.98. The van der Waals surface area contributed by atoms with Gasteiger partial charge in [-0.1, -0.05) is 30.3 Å². The van der Waals surface area contributed by atoms with Gasteiger partial charge in [-0.05, 0) is 24.8 Å². The molecule has 5 nitrogen and oxygen atoms in total. The van der Waals surface area contributed by atoms with E-state index in [1.165, 1.54) is 0 Å². The number of β-amino-alcohol motifs (C(OH)–C–C–N with tert-alkyl or cyclic N) is 1. The van der Waals surface area contributed by atoms with Gasteiger partial charge in [0.1, 0.15) is 11.1 Å². The minimum Gasteiger partial charge on any atom is -0.394 e. The smallest absolute Gasteiger partial charge is 0.141 e. The van der Waals surface area contributed by atoms with Gasteiger partial charge in [-0.2, -0.15) is 5.26 Å². The molecule has 0 aromatic heterocycles. The number of piperidine rings is 1. The van der Waals surface area contributed by atoms with Crippen molar-refractivity contribution < 1.29 is 10.2 Å². The first kappa shape index (κ1) is 15.4. The molecular formula is C17H23N3O2. The summed E-state index contributed by atoms with van der Waals surface area (Å²) < 4.78 is 0. The molecule has 0 unspecified atom stereocenters. The zero-order valence-electron chi connectivity index (χ0n) is 12.7. The van der Waals surface area contributed by atoms with E-state index in [1.807, 2.05) is 35.2 Å². The van der Waals surface area contributed by atoms with E-state index >= 15 is 0 Å². The zero-order valence-corrected chi connectivity index (χ0v) is 12.7. The molecule has 22 heavy (non-hydrogen) atoms. The Balaban J connectivity index is 2.00. The molecule has 0 bridgehead atoms. The van der Waals surface area contributed by atoms with Crippen LogP contribution in [0.15, 0.2) is 30.3 Å². The summed E-state index contributed by atoms with van der Waals surface area (Å²) >= 11 is 0. The highest BCUT2D eigenvalue weighted by atomic mass is 16.3. The van der Waals surface area contributed by atoms with Crippen LogP contribution in [0.3, 0.4) is 0 Å². The number of nitrogens with one attached hydrogen (secondary N) is 1. The molecule has 0 saturated carbocycles. The molecule has 2 heterocycles. The molecule has 2 atom stereocenters. The number of rotatable bonds is 4. The molecule has 0 aliphatic carbocycles. The van der Waals surface area contributed by atoms with Crippen molar-refractivity contribution >= 4 is 0 Å². The molecule has 3 N–H and O–H groups in total. The van der Waals surface area contributed by atoms with Gasteiger partial charge >= 0.3 is 0 Å². The van der Waals surface area contributed by atoms with E-state index in [1.54, 1.807) is 0 Å². The van der Waals surface area contributed by atoms with Crippen molar-refractivity contribution in [3.8, 4) is 6.07 Å². The van der Waals surface area contributed by atoms with Gasteiger partial charge in [0.15, 0.2) is 0 Å². The van der Waals surface area contributed by atoms with Crippen LogP contribution >= 0.6 is 0 Å². The Morgan fingerprint density at radius 2 is 2.00 bits per heavy atom. The predicted molar refractivity (Wildman–Crippen MR) is 83.0 cm³/mol. The van der Waals surface area contributed by atoms with Crippen LogP contribution in [-0.4, -0.2) is 52.5 Å². The van der Waals surface area contributed by atoms with Crippen LogP contribution in [-0.2, 0) is 0 Å². The Hall–Kier alpha value is -1.45. The van der Waals surface area contributed by atoms with Crippen LogP contribution in [0, 0.1) is 11.3 Å². The van der Waals surface area contributed by atoms with E-state index in [0.29, 0.717) is 19.5 Å². The van der Waals surface area contributed by atoms with Crippen LogP contribution in [0.2, 0.25) is 0 Å². The molecule has 2 aliphatic heterocycles. The molecule has 5 heteroatoms. The highest BCUT2D eigenvalue weighted by molar-refractivity contribution is 5.29. The average molecular weight is 301 g/mol. The molecule has 2 fully saturated rings. The number of hydrogen-bond acceptors (Lipinski definition) is 5. The van der Waals surface area contributed by atoms with Crippen molar-refractivity contribution in [1.82, 2.24) is 10.2 Å². The van der Waals surface area contributed by atoms with Gasteiger partial charge in [0.05, 0.1) is 18.7 Å². The summed E-state index contributed by atoms with van der Waals surface area (Å²) in [4.78, 5) is 2.03. The molecule has 1 aromatic rings. The number of likely N-dealkylation sites (tertiary alicyclic amines) is 1. The number of aliphatic hydroxyl groups is 2. The molecule has 3 rings (SSSR count). The van der Waals surface area contributed by atoms with Crippen LogP contribution in [0.25, 0.3) is 0 Å². The largest absolute Gasteiger partial charge is 0.394 e. The Labute approximate surface area is 131 Å². The normalized spacial score (nSPS) is 29.3. The summed E-state index contributed by atoms with van der Waals surface area (Å²) in [6.45, 7) is 1.53. The number of hydrogen-bond donors (Lipinski definition) is 3. The zero-order chi connectivity index (χ0) is 15.6. The Morgan fingerprint density at radius 3 is 2.55 bits per heavy atom. The van der Waals surface area contributed by atoms with Crippen molar-refractivity contribution in [3.05, 3.63) is 35.9 Å². The molecule has 1 aromatic carbocycles. The summed E-state index contributed by atoms with van der Waals surface area (Å²) in [6.07, 6.45) is 2.56. The maximum absolute atomic E-state index is 10.9. The van der Waals surface area contributed by atoms with E-state index < -0.39 is 11.1 Å². The van der Waals surface area contributed by atoms with E-state index in [2.05, 4.69) is 11.4 Å². The number of nitriles is 1. The van der Waals surface area contributed by atoms with Gasteiger partial charge in [-0.25, -0.2) is 0 Å². The number of nitrogens with zero attached hydrogens (tertiary/aromatic N) is 2. The fraction of sp³-hybridized carbons (Fsp3) is 0.588. The molecule has 2 aliphatic rings. The van der Waals surface area contributed by atoms with E-state index in [9.17, 15) is 15.5 Å². The second-order valence-electron chi connectivity index (χ2n) is 6.37. The third kappa shape index (κ3) is 2.24. The second-order valence-corrected chi connectivity index (χ2v) is 6.37. The highest BCUT2D eigenvalue weighted by Crippen LogP contribution is 2.43. The summed E-state index contributed by atoms with van der Waals surface area (Å²) in [7, 11) is 0. The third-order valence-corrected chi connectivity index (χ3v) is 5.20. The Bertz CT molecular complexity index is 553. The summed E-state index contributed by atoms with van der Waals surface area (Å²) in [6, 6.07) is 11.9. The number of benzene rings is 1. The van der Waals surface area contributed by atoms with E-state index in [0.717, 1.165) is 24.9 Å². The average Bonchev–Trinajstić information content (AvgIpc) is 2.55. The SMILES string of the molecule is N#C[C@@]1(C2(O)CNC2)CCCCN1[C@H](CO)c1ccccc1.